The molecule has 3 rings (SSSR count). The van der Waals surface area contributed by atoms with Crippen molar-refractivity contribution in [3.8, 4) is 11.5 Å². The van der Waals surface area contributed by atoms with E-state index in [2.05, 4.69) is 4.90 Å². The van der Waals surface area contributed by atoms with Crippen LogP contribution in [0, 0.1) is 0 Å². The normalized spacial score (nSPS) is 28.3. The van der Waals surface area contributed by atoms with E-state index in [0.717, 1.165) is 37.6 Å². The number of hydrogen-bond donors (Lipinski definition) is 1. The number of β-amino-alcohol motifs (C(OH)–C–C–N with tert-alkyl or cyclic N) is 1. The Morgan fingerprint density at radius 1 is 1.29 bits per heavy atom. The standard InChI is InChI=1S/C13H17NO3/c15-10-5-6-14(7-10)8-11-9-16-12-3-1-2-4-13(12)17-11/h1-4,10-11,15H,5-9H2/t10-,11?/m0/s1. The molecule has 17 heavy (non-hydrogen) atoms. The summed E-state index contributed by atoms with van der Waals surface area (Å²) in [4.78, 5) is 2.23. The number of ether oxygens (including phenoxy) is 2. The topological polar surface area (TPSA) is 41.9 Å². The average molecular weight is 235 g/mol. The van der Waals surface area contributed by atoms with Gasteiger partial charge in [0, 0.05) is 19.6 Å². The van der Waals surface area contributed by atoms with Crippen molar-refractivity contribution < 1.29 is 14.6 Å². The Morgan fingerprint density at radius 3 is 2.88 bits per heavy atom. The number of nitrogens with zero attached hydrogens (tertiary/aromatic N) is 1. The Labute approximate surface area is 101 Å². The third kappa shape index (κ3) is 2.37. The average Bonchev–Trinajstić information content (AvgIpc) is 2.75. The number of fused-ring (bicyclic) bond motifs is 1. The zero-order valence-corrected chi connectivity index (χ0v) is 9.71. The van der Waals surface area contributed by atoms with Gasteiger partial charge >= 0.3 is 0 Å². The van der Waals surface area contributed by atoms with Crippen LogP contribution in [0.5, 0.6) is 11.5 Å². The lowest BCUT2D eigenvalue weighted by Gasteiger charge is -2.29. The van der Waals surface area contributed by atoms with Crippen LogP contribution >= 0.6 is 0 Å². The first-order chi connectivity index (χ1) is 8.31. The molecule has 1 fully saturated rings. The van der Waals surface area contributed by atoms with Crippen LogP contribution in [0.2, 0.25) is 0 Å². The Hall–Kier alpha value is -1.26. The summed E-state index contributed by atoms with van der Waals surface area (Å²) in [5, 5.41) is 9.47. The van der Waals surface area contributed by atoms with Crippen molar-refractivity contribution in [2.75, 3.05) is 26.2 Å². The van der Waals surface area contributed by atoms with Crippen molar-refractivity contribution in [1.82, 2.24) is 4.90 Å². The quantitative estimate of drug-likeness (QED) is 0.826. The van der Waals surface area contributed by atoms with Gasteiger partial charge in [-0.15, -0.1) is 0 Å². The molecule has 1 aromatic rings. The van der Waals surface area contributed by atoms with Crippen LogP contribution in [0.4, 0.5) is 0 Å². The number of benzene rings is 1. The maximum atomic E-state index is 9.47. The molecule has 1 N–H and O–H groups in total. The van der Waals surface area contributed by atoms with E-state index in [-0.39, 0.29) is 12.2 Å². The first-order valence-corrected chi connectivity index (χ1v) is 6.10. The van der Waals surface area contributed by atoms with Gasteiger partial charge < -0.3 is 14.6 Å². The van der Waals surface area contributed by atoms with Crippen molar-refractivity contribution in [1.29, 1.82) is 0 Å². The first kappa shape index (κ1) is 10.9. The molecule has 0 spiro atoms. The summed E-state index contributed by atoms with van der Waals surface area (Å²) in [5.74, 6) is 1.65. The molecule has 2 aliphatic rings. The lowest BCUT2D eigenvalue weighted by Crippen LogP contribution is -2.40. The van der Waals surface area contributed by atoms with Crippen LogP contribution < -0.4 is 9.47 Å². The van der Waals surface area contributed by atoms with Crippen LogP contribution in [0.1, 0.15) is 6.42 Å². The van der Waals surface area contributed by atoms with Crippen molar-refractivity contribution in [2.24, 2.45) is 0 Å². The number of rotatable bonds is 2. The summed E-state index contributed by atoms with van der Waals surface area (Å²) < 4.78 is 11.5. The highest BCUT2D eigenvalue weighted by Gasteiger charge is 2.27. The van der Waals surface area contributed by atoms with E-state index >= 15 is 0 Å². The Kier molecular flexibility index (Phi) is 2.91. The number of aliphatic hydroxyl groups is 1. The van der Waals surface area contributed by atoms with Crippen LogP contribution in [-0.4, -0.2) is 48.5 Å². The van der Waals surface area contributed by atoms with Crippen molar-refractivity contribution in [3.63, 3.8) is 0 Å². The van der Waals surface area contributed by atoms with Gasteiger partial charge in [0.05, 0.1) is 6.10 Å². The summed E-state index contributed by atoms with van der Waals surface area (Å²) in [6.07, 6.45) is 0.756. The molecule has 0 radical (unpaired) electrons. The van der Waals surface area contributed by atoms with E-state index in [0.29, 0.717) is 6.61 Å². The van der Waals surface area contributed by atoms with E-state index < -0.39 is 0 Å². The van der Waals surface area contributed by atoms with Crippen LogP contribution in [0.25, 0.3) is 0 Å². The molecule has 0 saturated carbocycles. The molecule has 2 aliphatic heterocycles. The number of para-hydroxylation sites is 2. The molecular weight excluding hydrogens is 218 g/mol. The second kappa shape index (κ2) is 4.55. The Morgan fingerprint density at radius 2 is 2.12 bits per heavy atom. The van der Waals surface area contributed by atoms with Crippen molar-refractivity contribution in [3.05, 3.63) is 24.3 Å². The lowest BCUT2D eigenvalue weighted by atomic mass is 10.2. The van der Waals surface area contributed by atoms with E-state index in [1.54, 1.807) is 0 Å². The molecule has 1 unspecified atom stereocenters. The molecule has 92 valence electrons. The molecule has 0 bridgehead atoms. The number of likely N-dealkylation sites (tertiary alicyclic amines) is 1. The van der Waals surface area contributed by atoms with E-state index in [1.807, 2.05) is 24.3 Å². The Bertz CT molecular complexity index is 396. The predicted octanol–water partition coefficient (Wildman–Crippen LogP) is 0.893. The predicted molar refractivity (Wildman–Crippen MR) is 63.4 cm³/mol. The van der Waals surface area contributed by atoms with E-state index in [9.17, 15) is 5.11 Å². The highest BCUT2D eigenvalue weighted by molar-refractivity contribution is 5.40. The van der Waals surface area contributed by atoms with Gasteiger partial charge in [-0.05, 0) is 18.6 Å². The molecule has 0 amide bonds. The molecule has 4 nitrogen and oxygen atoms in total. The molecule has 1 aromatic carbocycles. The minimum Gasteiger partial charge on any atom is -0.486 e. The fourth-order valence-electron chi connectivity index (χ4n) is 2.42. The fourth-order valence-corrected chi connectivity index (χ4v) is 2.42. The van der Waals surface area contributed by atoms with Gasteiger partial charge in [-0.1, -0.05) is 12.1 Å². The van der Waals surface area contributed by atoms with E-state index in [4.69, 9.17) is 9.47 Å². The second-order valence-electron chi connectivity index (χ2n) is 4.70. The summed E-state index contributed by atoms with van der Waals surface area (Å²) in [5.41, 5.74) is 0. The molecule has 2 heterocycles. The lowest BCUT2D eigenvalue weighted by molar-refractivity contribution is 0.0610. The third-order valence-corrected chi connectivity index (χ3v) is 3.28. The van der Waals surface area contributed by atoms with Crippen molar-refractivity contribution >= 4 is 0 Å². The van der Waals surface area contributed by atoms with Gasteiger partial charge in [0.2, 0.25) is 0 Å². The molecular formula is C13H17NO3. The summed E-state index contributed by atoms with van der Waals surface area (Å²) in [6.45, 7) is 3.11. The molecule has 2 atom stereocenters. The largest absolute Gasteiger partial charge is 0.486 e. The number of hydrogen-bond acceptors (Lipinski definition) is 4. The van der Waals surface area contributed by atoms with Gasteiger partial charge in [-0.3, -0.25) is 4.90 Å². The molecule has 4 heteroatoms. The summed E-state index contributed by atoms with van der Waals surface area (Å²) in [6, 6.07) is 7.75. The smallest absolute Gasteiger partial charge is 0.161 e. The molecule has 0 aromatic heterocycles. The molecule has 0 aliphatic carbocycles. The van der Waals surface area contributed by atoms with Crippen LogP contribution in [0.15, 0.2) is 24.3 Å². The van der Waals surface area contributed by atoms with Gasteiger partial charge in [-0.2, -0.15) is 0 Å². The SMILES string of the molecule is O[C@H]1CCN(CC2COc3ccccc3O2)C1. The second-order valence-corrected chi connectivity index (χ2v) is 4.70. The maximum absolute atomic E-state index is 9.47. The van der Waals surface area contributed by atoms with E-state index in [1.165, 1.54) is 0 Å². The van der Waals surface area contributed by atoms with Gasteiger partial charge in [0.15, 0.2) is 11.5 Å². The monoisotopic (exact) mass is 235 g/mol. The number of aliphatic hydroxyl groups excluding tert-OH is 1. The highest BCUT2D eigenvalue weighted by atomic mass is 16.6. The minimum absolute atomic E-state index is 0.0650. The first-order valence-electron chi connectivity index (χ1n) is 6.10. The zero-order valence-electron chi connectivity index (χ0n) is 9.71. The zero-order chi connectivity index (χ0) is 11.7. The molecule has 1 saturated heterocycles. The maximum Gasteiger partial charge on any atom is 0.161 e. The third-order valence-electron chi connectivity index (χ3n) is 3.28. The fraction of sp³-hybridized carbons (Fsp3) is 0.538. The van der Waals surface area contributed by atoms with Gasteiger partial charge in [0.1, 0.15) is 12.7 Å². The van der Waals surface area contributed by atoms with Crippen LogP contribution in [-0.2, 0) is 0 Å². The minimum atomic E-state index is -0.174. The van der Waals surface area contributed by atoms with Gasteiger partial charge in [-0.25, -0.2) is 0 Å². The Balaban J connectivity index is 1.61. The summed E-state index contributed by atoms with van der Waals surface area (Å²) >= 11 is 0. The van der Waals surface area contributed by atoms with Gasteiger partial charge in [0.25, 0.3) is 0 Å². The van der Waals surface area contributed by atoms with Crippen LogP contribution in [0.3, 0.4) is 0 Å². The summed E-state index contributed by atoms with van der Waals surface area (Å²) in [7, 11) is 0. The highest BCUT2D eigenvalue weighted by Crippen LogP contribution is 2.31. The van der Waals surface area contributed by atoms with Crippen molar-refractivity contribution in [2.45, 2.75) is 18.6 Å².